The zero-order valence-corrected chi connectivity index (χ0v) is 11.3. The number of hydrogen-bond acceptors (Lipinski definition) is 4. The van der Waals surface area contributed by atoms with Gasteiger partial charge in [0.15, 0.2) is 6.10 Å². The fourth-order valence-corrected chi connectivity index (χ4v) is 2.98. The molecule has 4 atom stereocenters. The minimum Gasteiger partial charge on any atom is -0.479 e. The molecular formula is C13H24N2O3. The monoisotopic (exact) mass is 256 g/mol. The number of rotatable bonds is 4. The normalized spacial score (nSPS) is 37.9. The van der Waals surface area contributed by atoms with Crippen molar-refractivity contribution in [1.82, 2.24) is 10.2 Å². The van der Waals surface area contributed by atoms with Gasteiger partial charge in [0.2, 0.25) is 0 Å². The Bertz CT molecular complexity index is 298. The predicted molar refractivity (Wildman–Crippen MR) is 68.6 cm³/mol. The average Bonchev–Trinajstić information content (AvgIpc) is 2.76. The van der Waals surface area contributed by atoms with Crippen molar-refractivity contribution in [3.63, 3.8) is 0 Å². The van der Waals surface area contributed by atoms with E-state index in [-0.39, 0.29) is 6.10 Å². The maximum absolute atomic E-state index is 10.8. The number of nitrogens with zero attached hydrogens (tertiary/aromatic N) is 1. The van der Waals surface area contributed by atoms with E-state index in [0.717, 1.165) is 32.5 Å². The third kappa shape index (κ3) is 3.43. The van der Waals surface area contributed by atoms with Crippen molar-refractivity contribution in [2.45, 2.75) is 44.4 Å². The highest BCUT2D eigenvalue weighted by Crippen LogP contribution is 2.21. The van der Waals surface area contributed by atoms with Crippen molar-refractivity contribution >= 4 is 5.97 Å². The van der Waals surface area contributed by atoms with Crippen LogP contribution in [0.2, 0.25) is 0 Å². The summed E-state index contributed by atoms with van der Waals surface area (Å²) < 4.78 is 5.50. The van der Waals surface area contributed by atoms with Crippen LogP contribution in [0.25, 0.3) is 0 Å². The first kappa shape index (κ1) is 13.8. The molecule has 0 saturated carbocycles. The number of piperidine rings is 1. The topological polar surface area (TPSA) is 61.8 Å². The summed E-state index contributed by atoms with van der Waals surface area (Å²) in [5.74, 6) is -0.189. The molecule has 0 aromatic rings. The molecule has 2 aliphatic heterocycles. The van der Waals surface area contributed by atoms with Gasteiger partial charge in [0, 0.05) is 19.1 Å². The largest absolute Gasteiger partial charge is 0.479 e. The molecule has 2 N–H and O–H groups in total. The molecule has 0 aromatic carbocycles. The molecular weight excluding hydrogens is 232 g/mol. The van der Waals surface area contributed by atoms with Gasteiger partial charge in [-0.15, -0.1) is 0 Å². The van der Waals surface area contributed by atoms with Gasteiger partial charge in [-0.25, -0.2) is 4.79 Å². The van der Waals surface area contributed by atoms with E-state index < -0.39 is 12.1 Å². The van der Waals surface area contributed by atoms with Gasteiger partial charge in [0.05, 0.1) is 6.10 Å². The fraction of sp³-hybridized carbons (Fsp3) is 0.923. The molecule has 0 bridgehead atoms. The van der Waals surface area contributed by atoms with Gasteiger partial charge in [-0.2, -0.15) is 0 Å². The quantitative estimate of drug-likeness (QED) is 0.769. The van der Waals surface area contributed by atoms with Crippen molar-refractivity contribution in [3.05, 3.63) is 0 Å². The van der Waals surface area contributed by atoms with E-state index in [9.17, 15) is 4.79 Å². The van der Waals surface area contributed by atoms with Crippen LogP contribution in [0.3, 0.4) is 0 Å². The Morgan fingerprint density at radius 1 is 1.44 bits per heavy atom. The molecule has 0 aromatic heterocycles. The van der Waals surface area contributed by atoms with E-state index >= 15 is 0 Å². The van der Waals surface area contributed by atoms with E-state index in [1.807, 2.05) is 0 Å². The molecule has 2 rings (SSSR count). The summed E-state index contributed by atoms with van der Waals surface area (Å²) in [6.45, 7) is 5.30. The lowest BCUT2D eigenvalue weighted by Gasteiger charge is -2.35. The summed E-state index contributed by atoms with van der Waals surface area (Å²) in [4.78, 5) is 13.1. The number of ether oxygens (including phenoxy) is 1. The van der Waals surface area contributed by atoms with Gasteiger partial charge in [-0.1, -0.05) is 6.92 Å². The van der Waals surface area contributed by atoms with E-state index in [2.05, 4.69) is 24.2 Å². The Kier molecular flexibility index (Phi) is 4.59. The predicted octanol–water partition coefficient (Wildman–Crippen LogP) is 0.548. The summed E-state index contributed by atoms with van der Waals surface area (Å²) in [7, 11) is 2.16. The van der Waals surface area contributed by atoms with Crippen LogP contribution in [-0.2, 0) is 9.53 Å². The maximum atomic E-state index is 10.8. The van der Waals surface area contributed by atoms with E-state index in [1.54, 1.807) is 0 Å². The van der Waals surface area contributed by atoms with Gasteiger partial charge in [-0.05, 0) is 38.8 Å². The summed E-state index contributed by atoms with van der Waals surface area (Å²) in [5.41, 5.74) is 0. The molecule has 5 nitrogen and oxygen atoms in total. The Morgan fingerprint density at radius 2 is 2.22 bits per heavy atom. The molecule has 18 heavy (non-hydrogen) atoms. The molecule has 104 valence electrons. The minimum absolute atomic E-state index is 0.0676. The van der Waals surface area contributed by atoms with Crippen molar-refractivity contribution in [3.8, 4) is 0 Å². The molecule has 0 spiro atoms. The first-order chi connectivity index (χ1) is 8.56. The summed E-state index contributed by atoms with van der Waals surface area (Å²) in [5, 5.41) is 12.4. The lowest BCUT2D eigenvalue weighted by molar-refractivity contribution is -0.149. The molecule has 2 saturated heterocycles. The lowest BCUT2D eigenvalue weighted by atomic mass is 9.94. The van der Waals surface area contributed by atoms with Crippen LogP contribution in [0, 0.1) is 5.92 Å². The first-order valence-electron chi connectivity index (χ1n) is 6.86. The molecule has 2 aliphatic rings. The molecule has 2 heterocycles. The molecule has 4 unspecified atom stereocenters. The van der Waals surface area contributed by atoms with Crippen molar-refractivity contribution in [2.24, 2.45) is 5.92 Å². The van der Waals surface area contributed by atoms with Gasteiger partial charge >= 0.3 is 5.97 Å². The zero-order chi connectivity index (χ0) is 13.1. The zero-order valence-electron chi connectivity index (χ0n) is 11.3. The fourth-order valence-electron chi connectivity index (χ4n) is 2.98. The van der Waals surface area contributed by atoms with Crippen molar-refractivity contribution in [1.29, 1.82) is 0 Å². The highest BCUT2D eigenvalue weighted by molar-refractivity contribution is 5.72. The summed E-state index contributed by atoms with van der Waals surface area (Å²) in [6, 6.07) is 0.536. The average molecular weight is 256 g/mol. The number of likely N-dealkylation sites (tertiary alicyclic amines) is 1. The molecule has 5 heteroatoms. The summed E-state index contributed by atoms with van der Waals surface area (Å²) in [6.07, 6.45) is 2.13. The van der Waals surface area contributed by atoms with Gasteiger partial charge in [0.25, 0.3) is 0 Å². The van der Waals surface area contributed by atoms with Gasteiger partial charge in [0.1, 0.15) is 0 Å². The Labute approximate surface area is 108 Å². The second-order valence-electron chi connectivity index (χ2n) is 5.71. The van der Waals surface area contributed by atoms with Crippen LogP contribution >= 0.6 is 0 Å². The van der Waals surface area contributed by atoms with Crippen LogP contribution in [-0.4, -0.2) is 60.9 Å². The highest BCUT2D eigenvalue weighted by atomic mass is 16.5. The Morgan fingerprint density at radius 3 is 2.83 bits per heavy atom. The van der Waals surface area contributed by atoms with E-state index in [0.29, 0.717) is 18.4 Å². The second-order valence-corrected chi connectivity index (χ2v) is 5.71. The first-order valence-corrected chi connectivity index (χ1v) is 6.86. The lowest BCUT2D eigenvalue weighted by Crippen LogP contribution is -2.48. The standard InChI is InChI=1S/C13H24N2O3/c1-9-8-15(2)6-5-11(9)14-7-10-3-4-12(18-10)13(16)17/h9-12,14H,3-8H2,1-2H3,(H,16,17). The molecule has 0 radical (unpaired) electrons. The number of carboxylic acids is 1. The number of carbonyl (C=O) groups is 1. The van der Waals surface area contributed by atoms with Crippen molar-refractivity contribution < 1.29 is 14.6 Å². The van der Waals surface area contributed by atoms with Crippen LogP contribution in [0.5, 0.6) is 0 Å². The molecule has 0 amide bonds. The second kappa shape index (κ2) is 5.99. The summed E-state index contributed by atoms with van der Waals surface area (Å²) >= 11 is 0. The smallest absolute Gasteiger partial charge is 0.332 e. The SMILES string of the molecule is CC1CN(C)CCC1NCC1CCC(C(=O)O)O1. The Balaban J connectivity index is 1.71. The van der Waals surface area contributed by atoms with Gasteiger partial charge in [-0.3, -0.25) is 0 Å². The van der Waals surface area contributed by atoms with Gasteiger partial charge < -0.3 is 20.1 Å². The number of carboxylic acid groups (broad SMARTS) is 1. The number of aliphatic carboxylic acids is 1. The number of hydrogen-bond donors (Lipinski definition) is 2. The highest BCUT2D eigenvalue weighted by Gasteiger charge is 2.31. The van der Waals surface area contributed by atoms with Crippen LogP contribution in [0.15, 0.2) is 0 Å². The molecule has 0 aliphatic carbocycles. The van der Waals surface area contributed by atoms with E-state index in [1.165, 1.54) is 0 Å². The third-order valence-corrected chi connectivity index (χ3v) is 4.10. The minimum atomic E-state index is -0.829. The van der Waals surface area contributed by atoms with Crippen LogP contribution < -0.4 is 5.32 Å². The number of nitrogens with one attached hydrogen (secondary N) is 1. The molecule has 2 fully saturated rings. The van der Waals surface area contributed by atoms with Crippen LogP contribution in [0.1, 0.15) is 26.2 Å². The third-order valence-electron chi connectivity index (χ3n) is 4.10. The maximum Gasteiger partial charge on any atom is 0.332 e. The van der Waals surface area contributed by atoms with E-state index in [4.69, 9.17) is 9.84 Å². The van der Waals surface area contributed by atoms with Crippen molar-refractivity contribution in [2.75, 3.05) is 26.7 Å². The Hall–Kier alpha value is -0.650. The van der Waals surface area contributed by atoms with Crippen LogP contribution in [0.4, 0.5) is 0 Å².